The maximum absolute atomic E-state index is 15.6. The molecule has 5 aliphatic rings. The molecule has 5 aliphatic carbocycles. The Kier molecular flexibility index (Phi) is 2.93. The summed E-state index contributed by atoms with van der Waals surface area (Å²) in [5, 5.41) is 9.82. The van der Waals surface area contributed by atoms with Crippen LogP contribution in [0.1, 0.15) is 58.8 Å². The van der Waals surface area contributed by atoms with Crippen LogP contribution in [0.2, 0.25) is 0 Å². The van der Waals surface area contributed by atoms with Crippen LogP contribution >= 0.6 is 0 Å². The molecular formula is C21H29FO2. The molecule has 3 heteroatoms. The fourth-order valence-corrected chi connectivity index (χ4v) is 8.25. The minimum Gasteiger partial charge on any atom is -0.393 e. The van der Waals surface area contributed by atoms with Crippen molar-refractivity contribution in [2.45, 2.75) is 64.5 Å². The monoisotopic (exact) mass is 332 g/mol. The number of carbonyl (C=O) groups excluding carboxylic acids is 1. The Morgan fingerprint density at radius 3 is 2.88 bits per heavy atom. The van der Waals surface area contributed by atoms with Crippen LogP contribution in [0.25, 0.3) is 0 Å². The summed E-state index contributed by atoms with van der Waals surface area (Å²) in [6, 6.07) is 0. The number of hydrogen-bond donors (Lipinski definition) is 1. The topological polar surface area (TPSA) is 37.3 Å². The van der Waals surface area contributed by atoms with Crippen molar-refractivity contribution in [1.29, 1.82) is 0 Å². The van der Waals surface area contributed by atoms with Crippen molar-refractivity contribution in [3.05, 3.63) is 11.6 Å². The van der Waals surface area contributed by atoms with Crippen molar-refractivity contribution in [2.24, 2.45) is 40.4 Å². The van der Waals surface area contributed by atoms with Crippen molar-refractivity contribution < 1.29 is 14.3 Å². The first-order chi connectivity index (χ1) is 11.4. The Balaban J connectivity index is 1.57. The molecule has 0 aromatic carbocycles. The molecule has 5 rings (SSSR count). The van der Waals surface area contributed by atoms with E-state index in [9.17, 15) is 9.90 Å². The number of aliphatic hydroxyl groups is 1. The summed E-state index contributed by atoms with van der Waals surface area (Å²) in [4.78, 5) is 11.9. The van der Waals surface area contributed by atoms with Crippen molar-refractivity contribution in [3.63, 3.8) is 0 Å². The van der Waals surface area contributed by atoms with Gasteiger partial charge in [-0.15, -0.1) is 0 Å². The van der Waals surface area contributed by atoms with Gasteiger partial charge in [0.2, 0.25) is 0 Å². The van der Waals surface area contributed by atoms with Crippen LogP contribution in [0.5, 0.6) is 0 Å². The quantitative estimate of drug-likeness (QED) is 0.786. The molecule has 8 atom stereocenters. The molecule has 4 saturated carbocycles. The van der Waals surface area contributed by atoms with Crippen molar-refractivity contribution >= 4 is 5.78 Å². The zero-order chi connectivity index (χ0) is 16.9. The average Bonchev–Trinajstić information content (AvgIpc) is 3.19. The second-order valence-corrected chi connectivity index (χ2v) is 9.84. The van der Waals surface area contributed by atoms with E-state index < -0.39 is 5.67 Å². The van der Waals surface area contributed by atoms with Gasteiger partial charge in [-0.3, -0.25) is 4.79 Å². The van der Waals surface area contributed by atoms with Crippen molar-refractivity contribution in [3.8, 4) is 0 Å². The molecule has 0 amide bonds. The third kappa shape index (κ3) is 1.55. The maximum atomic E-state index is 15.6. The molecule has 1 spiro atoms. The highest BCUT2D eigenvalue weighted by molar-refractivity contribution is 5.91. The molecule has 0 aromatic rings. The third-order valence-electron chi connectivity index (χ3n) is 9.23. The Bertz CT molecular complexity index is 642. The molecule has 0 bridgehead atoms. The lowest BCUT2D eigenvalue weighted by molar-refractivity contribution is -0.135. The number of ketones is 1. The van der Waals surface area contributed by atoms with Gasteiger partial charge in [0.25, 0.3) is 0 Å². The summed E-state index contributed by atoms with van der Waals surface area (Å²) < 4.78 is 15.6. The first-order valence-corrected chi connectivity index (χ1v) is 9.89. The Morgan fingerprint density at radius 2 is 2.12 bits per heavy atom. The Labute approximate surface area is 143 Å². The molecule has 1 N–H and O–H groups in total. The van der Waals surface area contributed by atoms with Gasteiger partial charge in [-0.05, 0) is 79.6 Å². The van der Waals surface area contributed by atoms with Crippen LogP contribution in [-0.4, -0.2) is 23.2 Å². The molecule has 2 nitrogen and oxygen atoms in total. The van der Waals surface area contributed by atoms with Gasteiger partial charge < -0.3 is 5.11 Å². The smallest absolute Gasteiger partial charge is 0.155 e. The normalized spacial score (nSPS) is 58.2. The molecule has 0 aliphatic heterocycles. The third-order valence-corrected chi connectivity index (χ3v) is 9.23. The van der Waals surface area contributed by atoms with Crippen LogP contribution in [0.4, 0.5) is 4.39 Å². The van der Waals surface area contributed by atoms with E-state index in [2.05, 4.69) is 13.8 Å². The summed E-state index contributed by atoms with van der Waals surface area (Å²) >= 11 is 0. The molecular weight excluding hydrogens is 303 g/mol. The SMILES string of the molecule is C[C@@H]1CC2=CC(=O)CC[C@@H]2[C@H]2CC[C@]3(C)[C@@](F)(CO)C[C@@H]4C[C@]43[C@@H]21. The maximum Gasteiger partial charge on any atom is 0.155 e. The van der Waals surface area contributed by atoms with Crippen LogP contribution in [0.3, 0.4) is 0 Å². The molecule has 0 heterocycles. The van der Waals surface area contributed by atoms with E-state index in [0.717, 1.165) is 25.7 Å². The van der Waals surface area contributed by atoms with Gasteiger partial charge in [-0.2, -0.15) is 0 Å². The van der Waals surface area contributed by atoms with Crippen LogP contribution < -0.4 is 0 Å². The van der Waals surface area contributed by atoms with E-state index in [1.807, 2.05) is 6.08 Å². The van der Waals surface area contributed by atoms with Crippen LogP contribution in [0, 0.1) is 40.4 Å². The molecule has 0 saturated heterocycles. The van der Waals surface area contributed by atoms with E-state index in [1.54, 1.807) is 0 Å². The lowest BCUT2D eigenvalue weighted by Gasteiger charge is -2.59. The second-order valence-electron chi connectivity index (χ2n) is 9.84. The average molecular weight is 332 g/mol. The summed E-state index contributed by atoms with van der Waals surface area (Å²) in [5.41, 5.74) is -0.205. The largest absolute Gasteiger partial charge is 0.393 e. The lowest BCUT2D eigenvalue weighted by atomic mass is 9.46. The first-order valence-electron chi connectivity index (χ1n) is 9.89. The number of halogens is 1. The highest BCUT2D eigenvalue weighted by Crippen LogP contribution is 2.85. The highest BCUT2D eigenvalue weighted by atomic mass is 19.1. The number of allylic oxidation sites excluding steroid dienone is 1. The number of hydrogen-bond acceptors (Lipinski definition) is 2. The van der Waals surface area contributed by atoms with Gasteiger partial charge in [0.15, 0.2) is 5.78 Å². The van der Waals surface area contributed by atoms with Gasteiger partial charge in [-0.1, -0.05) is 19.4 Å². The van der Waals surface area contributed by atoms with E-state index in [1.165, 1.54) is 12.0 Å². The zero-order valence-corrected chi connectivity index (χ0v) is 14.9. The van der Waals surface area contributed by atoms with Gasteiger partial charge in [-0.25, -0.2) is 4.39 Å². The fourth-order valence-electron chi connectivity index (χ4n) is 8.25. The van der Waals surface area contributed by atoms with E-state index in [0.29, 0.717) is 48.2 Å². The minimum atomic E-state index is -1.38. The van der Waals surface area contributed by atoms with Gasteiger partial charge in [0, 0.05) is 11.8 Å². The molecule has 132 valence electrons. The van der Waals surface area contributed by atoms with Crippen LogP contribution in [-0.2, 0) is 4.79 Å². The van der Waals surface area contributed by atoms with Crippen molar-refractivity contribution in [1.82, 2.24) is 0 Å². The van der Waals surface area contributed by atoms with E-state index >= 15 is 4.39 Å². The summed E-state index contributed by atoms with van der Waals surface area (Å²) in [7, 11) is 0. The predicted octanol–water partition coefficient (Wildman–Crippen LogP) is 4.07. The number of fused-ring (bicyclic) bond motifs is 3. The van der Waals surface area contributed by atoms with Gasteiger partial charge >= 0.3 is 0 Å². The van der Waals surface area contributed by atoms with Gasteiger partial charge in [0.1, 0.15) is 5.67 Å². The summed E-state index contributed by atoms with van der Waals surface area (Å²) in [6.45, 7) is 4.17. The minimum absolute atomic E-state index is 0.125. The van der Waals surface area contributed by atoms with Crippen molar-refractivity contribution in [2.75, 3.05) is 6.61 Å². The number of alkyl halides is 1. The molecule has 0 radical (unpaired) electrons. The van der Waals surface area contributed by atoms with E-state index in [-0.39, 0.29) is 17.4 Å². The predicted molar refractivity (Wildman–Crippen MR) is 90.0 cm³/mol. The standard InChI is InChI=1S/C21H29FO2/c1-12-7-13-8-15(24)3-4-16(13)17-5-6-19(2)20(22,11-23)9-14-10-21(14,19)18(12)17/h8,12,14,16-18,23H,3-7,9-11H2,1-2H3/t12-,14-,16+,17-,18-,19-,20+,21-/m1/s1. The lowest BCUT2D eigenvalue weighted by Crippen LogP contribution is -2.57. The number of rotatable bonds is 1. The molecule has 0 unspecified atom stereocenters. The molecule has 0 aromatic heterocycles. The Morgan fingerprint density at radius 1 is 1.33 bits per heavy atom. The Hall–Kier alpha value is -0.700. The number of carbonyl (C=O) groups is 1. The summed E-state index contributed by atoms with van der Waals surface area (Å²) in [6.07, 6.45) is 8.40. The fraction of sp³-hybridized carbons (Fsp3) is 0.857. The molecule has 24 heavy (non-hydrogen) atoms. The number of aliphatic hydroxyl groups excluding tert-OH is 1. The van der Waals surface area contributed by atoms with Gasteiger partial charge in [0.05, 0.1) is 6.61 Å². The highest BCUT2D eigenvalue weighted by Gasteiger charge is 2.82. The first kappa shape index (κ1) is 15.5. The zero-order valence-electron chi connectivity index (χ0n) is 14.9. The molecule has 4 fully saturated rings. The summed E-state index contributed by atoms with van der Waals surface area (Å²) in [5.74, 6) is 3.10. The van der Waals surface area contributed by atoms with Crippen LogP contribution in [0.15, 0.2) is 11.6 Å². The second kappa shape index (κ2) is 4.52. The van der Waals surface area contributed by atoms with E-state index in [4.69, 9.17) is 0 Å².